The van der Waals surface area contributed by atoms with Crippen LogP contribution in [0.15, 0.2) is 78.9 Å². The summed E-state index contributed by atoms with van der Waals surface area (Å²) < 4.78 is 28.4. The summed E-state index contributed by atoms with van der Waals surface area (Å²) in [4.78, 5) is 17.9. The van der Waals surface area contributed by atoms with E-state index in [0.29, 0.717) is 13.0 Å². The first kappa shape index (κ1) is 25.9. The molecule has 7 nitrogen and oxygen atoms in total. The van der Waals surface area contributed by atoms with Gasteiger partial charge in [0.15, 0.2) is 0 Å². The molecule has 182 valence electrons. The molecular weight excluding hydrogens is 453 g/mol. The fourth-order valence-electron chi connectivity index (χ4n) is 3.93. The van der Waals surface area contributed by atoms with Crippen molar-refractivity contribution in [3.63, 3.8) is 0 Å². The van der Waals surface area contributed by atoms with Gasteiger partial charge < -0.3 is 24.0 Å². The minimum absolute atomic E-state index is 0.255. The first-order valence-electron chi connectivity index (χ1n) is 11.2. The van der Waals surface area contributed by atoms with Crippen LogP contribution >= 0.6 is 7.75 Å². The van der Waals surface area contributed by atoms with Crippen LogP contribution in [0.4, 0.5) is 0 Å². The van der Waals surface area contributed by atoms with Crippen molar-refractivity contribution in [3.05, 3.63) is 95.6 Å². The highest BCUT2D eigenvalue weighted by Gasteiger charge is 2.37. The van der Waals surface area contributed by atoms with Gasteiger partial charge in [-0.2, -0.15) is 0 Å². The smallest absolute Gasteiger partial charge is 0.400 e. The number of nitrogens with one attached hydrogen (secondary N) is 1. The molecule has 0 radical (unpaired) electrons. The minimum Gasteiger partial charge on any atom is -0.497 e. The number of hydrogen-bond donors (Lipinski definition) is 3. The van der Waals surface area contributed by atoms with Crippen LogP contribution in [0.3, 0.4) is 0 Å². The van der Waals surface area contributed by atoms with Crippen molar-refractivity contribution in [2.45, 2.75) is 24.9 Å². The van der Waals surface area contributed by atoms with E-state index in [1.807, 2.05) is 66.7 Å². The van der Waals surface area contributed by atoms with E-state index in [0.717, 1.165) is 41.0 Å². The van der Waals surface area contributed by atoms with Crippen molar-refractivity contribution >= 4 is 7.75 Å². The molecule has 8 heteroatoms. The van der Waals surface area contributed by atoms with Gasteiger partial charge in [0.1, 0.15) is 17.1 Å². The van der Waals surface area contributed by atoms with Crippen LogP contribution in [0.25, 0.3) is 0 Å². The quantitative estimate of drug-likeness (QED) is 0.181. The summed E-state index contributed by atoms with van der Waals surface area (Å²) in [5, 5.41) is 2.23. The molecule has 3 N–H and O–H groups in total. The summed E-state index contributed by atoms with van der Waals surface area (Å²) in [6.45, 7) is 0.716. The summed E-state index contributed by atoms with van der Waals surface area (Å²) in [5.41, 5.74) is 2.07. The molecule has 0 aliphatic carbocycles. The normalized spacial score (nSPS) is 11.9. The lowest BCUT2D eigenvalue weighted by Gasteiger charge is -2.36. The molecule has 0 saturated carbocycles. The molecule has 0 fully saturated rings. The molecule has 0 atom stereocenters. The summed E-state index contributed by atoms with van der Waals surface area (Å²) in [6.07, 6.45) is 2.14. The Bertz CT molecular complexity index is 1000. The third kappa shape index (κ3) is 6.69. The Kier molecular flexibility index (Phi) is 9.28. The number of benzene rings is 3. The first-order chi connectivity index (χ1) is 16.4. The molecular formula is C26H32NO6P. The molecule has 3 aromatic carbocycles. The summed E-state index contributed by atoms with van der Waals surface area (Å²) in [5.74, 6) is 1.52. The second-order valence-corrected chi connectivity index (χ2v) is 9.27. The van der Waals surface area contributed by atoms with E-state index >= 15 is 0 Å². The molecule has 3 aromatic rings. The van der Waals surface area contributed by atoms with Gasteiger partial charge in [-0.05, 0) is 60.2 Å². The van der Waals surface area contributed by atoms with E-state index < -0.39 is 13.3 Å². The van der Waals surface area contributed by atoms with Crippen LogP contribution in [0.5, 0.6) is 11.5 Å². The van der Waals surface area contributed by atoms with Crippen molar-refractivity contribution in [1.29, 1.82) is 0 Å². The van der Waals surface area contributed by atoms with Gasteiger partial charge in [0, 0.05) is 13.2 Å². The Labute approximate surface area is 200 Å². The summed E-state index contributed by atoms with van der Waals surface area (Å²) in [7, 11) is -0.904. The molecule has 0 amide bonds. The molecule has 0 saturated heterocycles. The summed E-state index contributed by atoms with van der Waals surface area (Å²) >= 11 is 0. The van der Waals surface area contributed by atoms with Gasteiger partial charge in [0.2, 0.25) is 0 Å². The molecule has 0 bridgehead atoms. The highest BCUT2D eigenvalue weighted by Crippen LogP contribution is 2.41. The van der Waals surface area contributed by atoms with E-state index in [1.54, 1.807) is 14.2 Å². The van der Waals surface area contributed by atoms with Gasteiger partial charge in [-0.1, -0.05) is 54.6 Å². The van der Waals surface area contributed by atoms with Crippen LogP contribution in [0.2, 0.25) is 0 Å². The fraction of sp³-hybridized carbons (Fsp3) is 0.308. The Morgan fingerprint density at radius 2 is 1.24 bits per heavy atom. The average Bonchev–Trinajstić information content (AvgIpc) is 2.86. The van der Waals surface area contributed by atoms with Crippen LogP contribution in [-0.2, 0) is 14.9 Å². The highest BCUT2D eigenvalue weighted by atomic mass is 31.2. The predicted octanol–water partition coefficient (Wildman–Crippen LogP) is 4.86. The third-order valence-corrected chi connectivity index (χ3v) is 6.27. The SMILES string of the molecule is COc1ccc(C(OCCCCCNP(=O)(O)O)(c2ccccc2)c2ccc(OC)cc2)cc1. The maximum absolute atomic E-state index is 11.0. The van der Waals surface area contributed by atoms with Crippen molar-refractivity contribution in [3.8, 4) is 11.5 Å². The molecule has 0 unspecified atom stereocenters. The number of methoxy groups -OCH3 is 2. The maximum atomic E-state index is 11.0. The molecule has 0 spiro atoms. The second kappa shape index (κ2) is 12.2. The standard InChI is InChI=1S/C26H32NO6P/c1-31-24-15-11-22(12-16-24)26(21-9-5-3-6-10-21,23-13-17-25(32-2)18-14-23)33-20-8-4-7-19-27-34(28,29)30/h3,5-6,9-18H,4,7-8,19-20H2,1-2H3,(H3,27,28,29,30). The first-order valence-corrected chi connectivity index (χ1v) is 12.8. The van der Waals surface area contributed by atoms with Crippen LogP contribution in [0, 0.1) is 0 Å². The van der Waals surface area contributed by atoms with E-state index in [2.05, 4.69) is 17.2 Å². The Morgan fingerprint density at radius 1 is 0.735 bits per heavy atom. The van der Waals surface area contributed by atoms with Gasteiger partial charge >= 0.3 is 7.75 Å². The van der Waals surface area contributed by atoms with Crippen LogP contribution in [0.1, 0.15) is 36.0 Å². The molecule has 0 aromatic heterocycles. The largest absolute Gasteiger partial charge is 0.497 e. The lowest BCUT2D eigenvalue weighted by atomic mass is 9.80. The average molecular weight is 486 g/mol. The molecule has 34 heavy (non-hydrogen) atoms. The zero-order valence-corrected chi connectivity index (χ0v) is 20.4. The van der Waals surface area contributed by atoms with Crippen molar-refractivity contribution in [1.82, 2.24) is 5.09 Å². The van der Waals surface area contributed by atoms with E-state index in [1.165, 1.54) is 0 Å². The van der Waals surface area contributed by atoms with E-state index in [-0.39, 0.29) is 6.54 Å². The molecule has 3 rings (SSSR count). The molecule has 0 aliphatic heterocycles. The fourth-order valence-corrected chi connectivity index (χ4v) is 4.38. The van der Waals surface area contributed by atoms with E-state index in [4.69, 9.17) is 24.0 Å². The van der Waals surface area contributed by atoms with Gasteiger partial charge in [-0.15, -0.1) is 0 Å². The van der Waals surface area contributed by atoms with Gasteiger partial charge in [-0.25, -0.2) is 9.65 Å². The Hall–Kier alpha value is -2.67. The zero-order valence-electron chi connectivity index (χ0n) is 19.5. The topological polar surface area (TPSA) is 97.3 Å². The zero-order chi connectivity index (χ0) is 24.4. The lowest BCUT2D eigenvalue weighted by Crippen LogP contribution is -2.33. The molecule has 0 heterocycles. The monoisotopic (exact) mass is 485 g/mol. The van der Waals surface area contributed by atoms with Crippen molar-refractivity contribution < 1.29 is 28.6 Å². The van der Waals surface area contributed by atoms with Gasteiger partial charge in [-0.3, -0.25) is 0 Å². The number of ether oxygens (including phenoxy) is 3. The van der Waals surface area contributed by atoms with Gasteiger partial charge in [0.05, 0.1) is 14.2 Å². The van der Waals surface area contributed by atoms with Crippen LogP contribution in [-0.4, -0.2) is 37.2 Å². The second-order valence-electron chi connectivity index (χ2n) is 7.87. The molecule has 0 aliphatic rings. The predicted molar refractivity (Wildman–Crippen MR) is 132 cm³/mol. The summed E-state index contributed by atoms with van der Waals surface area (Å²) in [6, 6.07) is 25.8. The number of unbranched alkanes of at least 4 members (excludes halogenated alkanes) is 2. The number of hydrogen-bond acceptors (Lipinski definition) is 4. The Balaban J connectivity index is 1.92. The van der Waals surface area contributed by atoms with Crippen molar-refractivity contribution in [2.24, 2.45) is 0 Å². The van der Waals surface area contributed by atoms with Crippen molar-refractivity contribution in [2.75, 3.05) is 27.4 Å². The van der Waals surface area contributed by atoms with Crippen LogP contribution < -0.4 is 14.6 Å². The lowest BCUT2D eigenvalue weighted by molar-refractivity contribution is 0.0107. The van der Waals surface area contributed by atoms with Gasteiger partial charge in [0.25, 0.3) is 0 Å². The number of rotatable bonds is 13. The third-order valence-electron chi connectivity index (χ3n) is 5.63. The minimum atomic E-state index is -4.18. The Morgan fingerprint density at radius 3 is 1.71 bits per heavy atom. The maximum Gasteiger partial charge on any atom is 0.400 e. The highest BCUT2D eigenvalue weighted by molar-refractivity contribution is 7.49. The van der Waals surface area contributed by atoms with E-state index in [9.17, 15) is 4.57 Å².